The number of halogens is 3. The van der Waals surface area contributed by atoms with Gasteiger partial charge in [-0.1, -0.05) is 0 Å². The molecule has 0 atom stereocenters. The van der Waals surface area contributed by atoms with Crippen LogP contribution in [-0.2, 0) is 19.0 Å². The maximum Gasteiger partial charge on any atom is 0.413 e. The van der Waals surface area contributed by atoms with Crippen molar-refractivity contribution in [2.24, 2.45) is 0 Å². The van der Waals surface area contributed by atoms with Crippen LogP contribution in [0.4, 0.5) is 13.2 Å². The molecule has 0 unspecified atom stereocenters. The Morgan fingerprint density at radius 1 is 1.41 bits per heavy atom. The monoisotopic (exact) mass is 254 g/mol. The second-order valence-electron chi connectivity index (χ2n) is 3.29. The molecule has 0 bridgehead atoms. The third-order valence-electron chi connectivity index (χ3n) is 2.02. The Hall–Kier alpha value is -1.08. The van der Waals surface area contributed by atoms with Gasteiger partial charge in [-0.15, -0.1) is 0 Å². The molecule has 1 rings (SSSR count). The maximum absolute atomic E-state index is 12.6. The van der Waals surface area contributed by atoms with E-state index in [9.17, 15) is 18.0 Å². The summed E-state index contributed by atoms with van der Waals surface area (Å²) in [5, 5.41) is 0. The molecule has 0 spiro atoms. The average molecular weight is 254 g/mol. The number of hydrogen-bond acceptors (Lipinski definition) is 4. The zero-order valence-corrected chi connectivity index (χ0v) is 9.25. The zero-order chi connectivity index (χ0) is 12.9. The second kappa shape index (κ2) is 6.02. The van der Waals surface area contributed by atoms with E-state index in [0.29, 0.717) is 6.08 Å². The van der Waals surface area contributed by atoms with Gasteiger partial charge in [-0.3, -0.25) is 0 Å². The van der Waals surface area contributed by atoms with Crippen LogP contribution in [0.25, 0.3) is 0 Å². The van der Waals surface area contributed by atoms with Crippen molar-refractivity contribution >= 4 is 5.97 Å². The molecular weight excluding hydrogens is 241 g/mol. The van der Waals surface area contributed by atoms with Crippen molar-refractivity contribution in [3.05, 3.63) is 11.6 Å². The highest BCUT2D eigenvalue weighted by molar-refractivity contribution is 5.83. The van der Waals surface area contributed by atoms with Gasteiger partial charge >= 0.3 is 12.1 Å². The fourth-order valence-electron chi connectivity index (χ4n) is 1.29. The molecule has 4 nitrogen and oxygen atoms in total. The lowest BCUT2D eigenvalue weighted by molar-refractivity contribution is -0.139. The summed E-state index contributed by atoms with van der Waals surface area (Å²) in [5.74, 6) is -1.02. The average Bonchev–Trinajstić information content (AvgIpc) is 2.68. The highest BCUT2D eigenvalue weighted by atomic mass is 19.4. The molecule has 1 aliphatic heterocycles. The Kier molecular flexibility index (Phi) is 4.95. The van der Waals surface area contributed by atoms with Gasteiger partial charge in [0.25, 0.3) is 0 Å². The van der Waals surface area contributed by atoms with Crippen LogP contribution in [-0.4, -0.2) is 38.3 Å². The van der Waals surface area contributed by atoms with Gasteiger partial charge in [0.1, 0.15) is 0 Å². The highest BCUT2D eigenvalue weighted by Crippen LogP contribution is 2.30. The summed E-state index contributed by atoms with van der Waals surface area (Å²) in [6, 6.07) is 0. The van der Waals surface area contributed by atoms with Crippen LogP contribution in [0, 0.1) is 0 Å². The van der Waals surface area contributed by atoms with E-state index in [-0.39, 0.29) is 19.8 Å². The number of rotatable bonds is 4. The smallest absolute Gasteiger partial charge is 0.413 e. The molecule has 17 heavy (non-hydrogen) atoms. The second-order valence-corrected chi connectivity index (χ2v) is 3.29. The molecule has 98 valence electrons. The predicted octanol–water partition coefficient (Wildman–Crippen LogP) is 1.80. The van der Waals surface area contributed by atoms with E-state index in [1.165, 1.54) is 6.92 Å². The molecule has 0 N–H and O–H groups in total. The van der Waals surface area contributed by atoms with E-state index in [0.717, 1.165) is 0 Å². The fraction of sp³-hybridized carbons (Fsp3) is 0.700. The van der Waals surface area contributed by atoms with Gasteiger partial charge in [0, 0.05) is 18.1 Å². The lowest BCUT2D eigenvalue weighted by atomic mass is 10.1. The zero-order valence-electron chi connectivity index (χ0n) is 9.25. The minimum atomic E-state index is -4.60. The summed E-state index contributed by atoms with van der Waals surface area (Å²) in [7, 11) is 0. The third kappa shape index (κ3) is 4.74. The number of alkyl halides is 3. The minimum absolute atomic E-state index is 0.0247. The SMILES string of the molecule is CCOC(=O)/C=C(\CC1OCCO1)C(F)(F)F. The van der Waals surface area contributed by atoms with Crippen LogP contribution >= 0.6 is 0 Å². The number of carbonyl (C=O) groups excluding carboxylic acids is 1. The third-order valence-corrected chi connectivity index (χ3v) is 2.02. The number of carbonyl (C=O) groups is 1. The molecule has 7 heteroatoms. The van der Waals surface area contributed by atoms with Crippen molar-refractivity contribution in [2.75, 3.05) is 19.8 Å². The normalized spacial score (nSPS) is 18.5. The molecular formula is C10H13F3O4. The van der Waals surface area contributed by atoms with E-state index in [2.05, 4.69) is 4.74 Å². The summed E-state index contributed by atoms with van der Waals surface area (Å²) in [6.45, 7) is 2.06. The van der Waals surface area contributed by atoms with Gasteiger partial charge in [0.15, 0.2) is 6.29 Å². The Morgan fingerprint density at radius 3 is 2.47 bits per heavy atom. The van der Waals surface area contributed by atoms with Crippen LogP contribution in [0.1, 0.15) is 13.3 Å². The number of hydrogen-bond donors (Lipinski definition) is 0. The van der Waals surface area contributed by atoms with Crippen LogP contribution < -0.4 is 0 Å². The Bertz CT molecular complexity index is 292. The molecule has 0 radical (unpaired) electrons. The minimum Gasteiger partial charge on any atom is -0.463 e. The van der Waals surface area contributed by atoms with Gasteiger partial charge in [-0.05, 0) is 6.92 Å². The first-order chi connectivity index (χ1) is 7.93. The van der Waals surface area contributed by atoms with E-state index in [1.807, 2.05) is 0 Å². The van der Waals surface area contributed by atoms with Crippen molar-refractivity contribution in [3.63, 3.8) is 0 Å². The van der Waals surface area contributed by atoms with Crippen LogP contribution in [0.3, 0.4) is 0 Å². The summed E-state index contributed by atoms with van der Waals surface area (Å²) in [6.07, 6.45) is -5.61. The van der Waals surface area contributed by atoms with Crippen LogP contribution in [0.5, 0.6) is 0 Å². The quantitative estimate of drug-likeness (QED) is 0.567. The molecule has 1 heterocycles. The molecule has 0 aromatic rings. The van der Waals surface area contributed by atoms with Crippen molar-refractivity contribution in [3.8, 4) is 0 Å². The Labute approximate surface area is 96.3 Å². The van der Waals surface area contributed by atoms with E-state index >= 15 is 0 Å². The molecule has 0 amide bonds. The van der Waals surface area contributed by atoms with Crippen LogP contribution in [0.15, 0.2) is 11.6 Å². The lowest BCUT2D eigenvalue weighted by Crippen LogP contribution is -2.20. The van der Waals surface area contributed by atoms with Crippen molar-refractivity contribution in [1.29, 1.82) is 0 Å². The van der Waals surface area contributed by atoms with E-state index in [4.69, 9.17) is 9.47 Å². The molecule has 0 aromatic carbocycles. The van der Waals surface area contributed by atoms with Gasteiger partial charge in [0.2, 0.25) is 0 Å². The maximum atomic E-state index is 12.6. The Balaban J connectivity index is 2.69. The summed E-state index contributed by atoms with van der Waals surface area (Å²) >= 11 is 0. The molecule has 0 aliphatic carbocycles. The predicted molar refractivity (Wildman–Crippen MR) is 51.1 cm³/mol. The van der Waals surface area contributed by atoms with Crippen molar-refractivity contribution in [2.45, 2.75) is 25.8 Å². The van der Waals surface area contributed by atoms with Gasteiger partial charge < -0.3 is 14.2 Å². The molecule has 1 saturated heterocycles. The summed E-state index contributed by atoms with van der Waals surface area (Å²) in [4.78, 5) is 11.0. The standard InChI is InChI=1S/C10H13F3O4/c1-2-15-8(14)5-7(10(11,12)13)6-9-16-3-4-17-9/h5,9H,2-4,6H2,1H3/b7-5+. The molecule has 1 fully saturated rings. The van der Waals surface area contributed by atoms with Gasteiger partial charge in [-0.25, -0.2) is 4.79 Å². The van der Waals surface area contributed by atoms with E-state index < -0.39 is 30.4 Å². The first-order valence-corrected chi connectivity index (χ1v) is 5.11. The number of esters is 1. The summed E-state index contributed by atoms with van der Waals surface area (Å²) in [5.41, 5.74) is -1.01. The van der Waals surface area contributed by atoms with E-state index in [1.54, 1.807) is 0 Å². The fourth-order valence-corrected chi connectivity index (χ4v) is 1.29. The van der Waals surface area contributed by atoms with Crippen molar-refractivity contribution in [1.82, 2.24) is 0 Å². The van der Waals surface area contributed by atoms with Crippen molar-refractivity contribution < 1.29 is 32.2 Å². The summed E-state index contributed by atoms with van der Waals surface area (Å²) < 4.78 is 52.0. The lowest BCUT2D eigenvalue weighted by Gasteiger charge is -2.15. The molecule has 0 saturated carbocycles. The van der Waals surface area contributed by atoms with Gasteiger partial charge in [-0.2, -0.15) is 13.2 Å². The topological polar surface area (TPSA) is 44.8 Å². The Morgan fingerprint density at radius 2 is 2.00 bits per heavy atom. The largest absolute Gasteiger partial charge is 0.463 e. The molecule has 0 aromatic heterocycles. The highest BCUT2D eigenvalue weighted by Gasteiger charge is 2.37. The number of ether oxygens (including phenoxy) is 3. The first kappa shape index (κ1) is 14.0. The van der Waals surface area contributed by atoms with Crippen LogP contribution in [0.2, 0.25) is 0 Å². The molecule has 1 aliphatic rings. The first-order valence-electron chi connectivity index (χ1n) is 5.11. The van der Waals surface area contributed by atoms with Gasteiger partial charge in [0.05, 0.1) is 19.8 Å².